The molecule has 14 heavy (non-hydrogen) atoms. The third-order valence-electron chi connectivity index (χ3n) is 1.53. The Balaban J connectivity index is 0.00000169. The molecule has 0 radical (unpaired) electrons. The largest absolute Gasteiger partial charge is 0.382 e. The molecule has 4 nitrogen and oxygen atoms in total. The summed E-state index contributed by atoms with van der Waals surface area (Å²) in [5.74, 6) is -0.462. The second-order valence-electron chi connectivity index (χ2n) is 3.08. The molecule has 0 spiro atoms. The molecule has 0 saturated carbocycles. The number of halogens is 1. The summed E-state index contributed by atoms with van der Waals surface area (Å²) in [6.45, 7) is 3.98. The molecule has 3 N–H and O–H groups in total. The number of primary amides is 1. The highest BCUT2D eigenvalue weighted by atomic mass is 35.5. The Morgan fingerprint density at radius 3 is 2.71 bits per heavy atom. The van der Waals surface area contributed by atoms with E-state index < -0.39 is 5.91 Å². The summed E-state index contributed by atoms with van der Waals surface area (Å²) in [4.78, 5) is 14.8. The van der Waals surface area contributed by atoms with Gasteiger partial charge in [-0.15, -0.1) is 12.4 Å². The van der Waals surface area contributed by atoms with E-state index in [4.69, 9.17) is 5.73 Å². The summed E-state index contributed by atoms with van der Waals surface area (Å²) in [6, 6.07) is 2.00. The Bertz CT molecular complexity index is 315. The highest BCUT2D eigenvalue weighted by Crippen LogP contribution is 2.13. The van der Waals surface area contributed by atoms with E-state index in [1.54, 1.807) is 12.3 Å². The third-order valence-corrected chi connectivity index (χ3v) is 1.53. The van der Waals surface area contributed by atoms with Gasteiger partial charge in [-0.2, -0.15) is 0 Å². The minimum Gasteiger partial charge on any atom is -0.382 e. The summed E-state index contributed by atoms with van der Waals surface area (Å²) in [5.41, 5.74) is 6.33. The average molecular weight is 216 g/mol. The molecule has 0 aromatic carbocycles. The summed E-state index contributed by atoms with van der Waals surface area (Å²) in [5, 5.41) is 3.11. The molecule has 0 aliphatic rings. The summed E-state index contributed by atoms with van der Waals surface area (Å²) in [6.07, 6.45) is 3.09. The smallest absolute Gasteiger partial charge is 0.252 e. The van der Waals surface area contributed by atoms with Crippen LogP contribution in [0.1, 0.15) is 24.2 Å². The van der Waals surface area contributed by atoms with Crippen LogP contribution in [0.5, 0.6) is 0 Å². The van der Waals surface area contributed by atoms with Crippen LogP contribution >= 0.6 is 12.4 Å². The number of amides is 1. The zero-order valence-corrected chi connectivity index (χ0v) is 8.97. The van der Waals surface area contributed by atoms with E-state index in [2.05, 4.69) is 10.3 Å². The number of hydrogen-bond donors (Lipinski definition) is 2. The average Bonchev–Trinajstić information content (AvgIpc) is 2.03. The number of carbonyl (C=O) groups excluding carboxylic acids is 1. The number of nitrogens with zero attached hydrogens (tertiary/aromatic N) is 1. The molecule has 1 aromatic rings. The number of pyridine rings is 1. The lowest BCUT2D eigenvalue weighted by Gasteiger charge is -2.11. The zero-order valence-electron chi connectivity index (χ0n) is 8.15. The Morgan fingerprint density at radius 1 is 1.57 bits per heavy atom. The van der Waals surface area contributed by atoms with Crippen molar-refractivity contribution in [3.63, 3.8) is 0 Å². The lowest BCUT2D eigenvalue weighted by Crippen LogP contribution is -2.17. The van der Waals surface area contributed by atoms with Gasteiger partial charge in [0.15, 0.2) is 0 Å². The zero-order chi connectivity index (χ0) is 9.84. The van der Waals surface area contributed by atoms with Crippen molar-refractivity contribution in [2.24, 2.45) is 5.73 Å². The fourth-order valence-electron chi connectivity index (χ4n) is 1.03. The van der Waals surface area contributed by atoms with E-state index in [0.717, 1.165) is 5.69 Å². The summed E-state index contributed by atoms with van der Waals surface area (Å²) in [7, 11) is 0. The summed E-state index contributed by atoms with van der Waals surface area (Å²) >= 11 is 0. The first-order valence-corrected chi connectivity index (χ1v) is 4.11. The van der Waals surface area contributed by atoms with Crippen LogP contribution in [0.15, 0.2) is 18.5 Å². The van der Waals surface area contributed by atoms with Crippen molar-refractivity contribution in [3.8, 4) is 0 Å². The standard InChI is InChI=1S/C9H13N3O.ClH/c1-6(2)12-8-3-4-11-5-7(8)9(10)13;/h3-6H,1-2H3,(H2,10,13)(H,11,12);1H. The molecule has 0 saturated heterocycles. The van der Waals surface area contributed by atoms with Gasteiger partial charge in [0.05, 0.1) is 11.3 Å². The number of hydrogen-bond acceptors (Lipinski definition) is 3. The molecule has 1 heterocycles. The van der Waals surface area contributed by atoms with E-state index in [1.807, 2.05) is 13.8 Å². The molecule has 0 unspecified atom stereocenters. The van der Waals surface area contributed by atoms with Crippen LogP contribution in [0, 0.1) is 0 Å². The minimum atomic E-state index is -0.462. The van der Waals surface area contributed by atoms with Crippen molar-refractivity contribution in [1.82, 2.24) is 4.98 Å². The Kier molecular flexibility index (Phi) is 4.94. The van der Waals surface area contributed by atoms with Crippen LogP contribution < -0.4 is 11.1 Å². The maximum Gasteiger partial charge on any atom is 0.252 e. The molecule has 0 fully saturated rings. The van der Waals surface area contributed by atoms with E-state index in [0.29, 0.717) is 5.56 Å². The van der Waals surface area contributed by atoms with Crippen molar-refractivity contribution in [1.29, 1.82) is 0 Å². The predicted octanol–water partition coefficient (Wildman–Crippen LogP) is 1.42. The van der Waals surface area contributed by atoms with Crippen molar-refractivity contribution in [3.05, 3.63) is 24.0 Å². The number of nitrogens with one attached hydrogen (secondary N) is 1. The predicted molar refractivity (Wildman–Crippen MR) is 58.8 cm³/mol. The van der Waals surface area contributed by atoms with Crippen LogP contribution in [-0.4, -0.2) is 16.9 Å². The molecular formula is C9H14ClN3O. The van der Waals surface area contributed by atoms with Gasteiger partial charge in [0, 0.05) is 18.4 Å². The number of carbonyl (C=O) groups is 1. The molecule has 0 atom stereocenters. The molecule has 1 amide bonds. The first-order valence-electron chi connectivity index (χ1n) is 4.11. The number of anilines is 1. The Morgan fingerprint density at radius 2 is 2.21 bits per heavy atom. The van der Waals surface area contributed by atoms with Gasteiger partial charge in [0.2, 0.25) is 0 Å². The Hall–Kier alpha value is -1.29. The third kappa shape index (κ3) is 3.22. The van der Waals surface area contributed by atoms with E-state index in [9.17, 15) is 4.79 Å². The fourth-order valence-corrected chi connectivity index (χ4v) is 1.03. The van der Waals surface area contributed by atoms with E-state index >= 15 is 0 Å². The van der Waals surface area contributed by atoms with Gasteiger partial charge in [-0.05, 0) is 19.9 Å². The molecular weight excluding hydrogens is 202 g/mol. The van der Waals surface area contributed by atoms with Crippen LogP contribution in [0.4, 0.5) is 5.69 Å². The highest BCUT2D eigenvalue weighted by Gasteiger charge is 2.07. The van der Waals surface area contributed by atoms with E-state index in [-0.39, 0.29) is 18.4 Å². The number of nitrogens with two attached hydrogens (primary N) is 1. The second kappa shape index (κ2) is 5.44. The number of aromatic nitrogens is 1. The first kappa shape index (κ1) is 12.7. The van der Waals surface area contributed by atoms with Crippen LogP contribution in [-0.2, 0) is 0 Å². The van der Waals surface area contributed by atoms with Crippen molar-refractivity contribution < 1.29 is 4.79 Å². The van der Waals surface area contributed by atoms with Crippen molar-refractivity contribution in [2.45, 2.75) is 19.9 Å². The maximum atomic E-state index is 10.9. The van der Waals surface area contributed by atoms with E-state index in [1.165, 1.54) is 6.20 Å². The quantitative estimate of drug-likeness (QED) is 0.802. The van der Waals surface area contributed by atoms with Crippen LogP contribution in [0.25, 0.3) is 0 Å². The summed E-state index contributed by atoms with van der Waals surface area (Å²) < 4.78 is 0. The monoisotopic (exact) mass is 215 g/mol. The SMILES string of the molecule is CC(C)Nc1ccncc1C(N)=O.Cl. The Labute approximate surface area is 89.3 Å². The van der Waals surface area contributed by atoms with Gasteiger partial charge in [-0.1, -0.05) is 0 Å². The van der Waals surface area contributed by atoms with Crippen LogP contribution in [0.3, 0.4) is 0 Å². The number of rotatable bonds is 3. The minimum absolute atomic E-state index is 0. The topological polar surface area (TPSA) is 68.0 Å². The normalized spacial score (nSPS) is 9.36. The van der Waals surface area contributed by atoms with Gasteiger partial charge in [-0.25, -0.2) is 0 Å². The first-order chi connectivity index (χ1) is 6.11. The fraction of sp³-hybridized carbons (Fsp3) is 0.333. The lowest BCUT2D eigenvalue weighted by molar-refractivity contribution is 0.100. The van der Waals surface area contributed by atoms with Crippen molar-refractivity contribution >= 4 is 24.0 Å². The highest BCUT2D eigenvalue weighted by molar-refractivity contribution is 5.98. The maximum absolute atomic E-state index is 10.9. The molecule has 1 rings (SSSR count). The molecule has 0 aliphatic heterocycles. The van der Waals surface area contributed by atoms with Gasteiger partial charge in [0.25, 0.3) is 5.91 Å². The van der Waals surface area contributed by atoms with Crippen LogP contribution in [0.2, 0.25) is 0 Å². The van der Waals surface area contributed by atoms with Gasteiger partial charge < -0.3 is 11.1 Å². The lowest BCUT2D eigenvalue weighted by atomic mass is 10.2. The van der Waals surface area contributed by atoms with Gasteiger partial charge >= 0.3 is 0 Å². The van der Waals surface area contributed by atoms with Crippen molar-refractivity contribution in [2.75, 3.05) is 5.32 Å². The van der Waals surface area contributed by atoms with Gasteiger partial charge in [0.1, 0.15) is 0 Å². The molecule has 78 valence electrons. The van der Waals surface area contributed by atoms with Gasteiger partial charge in [-0.3, -0.25) is 9.78 Å². The molecule has 1 aromatic heterocycles. The molecule has 5 heteroatoms. The molecule has 0 bridgehead atoms. The molecule has 0 aliphatic carbocycles. The second-order valence-corrected chi connectivity index (χ2v) is 3.08.